The van der Waals surface area contributed by atoms with E-state index in [1.807, 2.05) is 55.5 Å². The van der Waals surface area contributed by atoms with Gasteiger partial charge in [-0.05, 0) is 37.1 Å². The van der Waals surface area contributed by atoms with E-state index in [0.29, 0.717) is 10.6 Å². The molecule has 0 amide bonds. The zero-order chi connectivity index (χ0) is 15.4. The third-order valence-electron chi connectivity index (χ3n) is 3.40. The van der Waals surface area contributed by atoms with Crippen LogP contribution in [0.1, 0.15) is 29.5 Å². The van der Waals surface area contributed by atoms with Crippen LogP contribution in [-0.4, -0.2) is 11.1 Å². The smallest absolute Gasteiger partial charge is 0.330 e. The molecule has 0 saturated carbocycles. The molecule has 1 atom stereocenters. The number of carbonyl (C=O) groups is 1. The topological polar surface area (TPSA) is 37.3 Å². The van der Waals surface area contributed by atoms with Gasteiger partial charge in [-0.15, -0.1) is 0 Å². The van der Waals surface area contributed by atoms with Crippen LogP contribution >= 0.6 is 11.6 Å². The third-order valence-corrected chi connectivity index (χ3v) is 3.63. The Morgan fingerprint density at radius 1 is 1.14 bits per heavy atom. The van der Waals surface area contributed by atoms with E-state index in [2.05, 4.69) is 0 Å². The Hall–Kier alpha value is -2.06. The fraction of sp³-hybridized carbons (Fsp3) is 0.167. The molecule has 0 saturated heterocycles. The molecule has 0 spiro atoms. The minimum Gasteiger partial charge on any atom is -0.478 e. The van der Waals surface area contributed by atoms with Gasteiger partial charge in [-0.1, -0.05) is 59.6 Å². The lowest BCUT2D eigenvalue weighted by Crippen LogP contribution is -2.03. The summed E-state index contributed by atoms with van der Waals surface area (Å²) >= 11 is 6.06. The van der Waals surface area contributed by atoms with Crippen molar-refractivity contribution in [2.75, 3.05) is 0 Å². The maximum atomic E-state index is 11.1. The number of hydrogen-bond donors (Lipinski definition) is 1. The van der Waals surface area contributed by atoms with Crippen LogP contribution in [0.25, 0.3) is 0 Å². The first-order valence-electron chi connectivity index (χ1n) is 6.71. The van der Waals surface area contributed by atoms with Crippen molar-refractivity contribution < 1.29 is 9.90 Å². The lowest BCUT2D eigenvalue weighted by Gasteiger charge is -2.15. The summed E-state index contributed by atoms with van der Waals surface area (Å²) < 4.78 is 0. The zero-order valence-corrected chi connectivity index (χ0v) is 12.8. The van der Waals surface area contributed by atoms with Gasteiger partial charge < -0.3 is 5.11 Å². The minimum absolute atomic E-state index is 0.125. The molecular formula is C18H17ClO2. The highest BCUT2D eigenvalue weighted by Crippen LogP contribution is 2.29. The van der Waals surface area contributed by atoms with Gasteiger partial charge in [0.05, 0.1) is 0 Å². The van der Waals surface area contributed by atoms with Crippen LogP contribution in [0.2, 0.25) is 5.02 Å². The predicted molar refractivity (Wildman–Crippen MR) is 85.9 cm³/mol. The average molecular weight is 301 g/mol. The van der Waals surface area contributed by atoms with Crippen LogP contribution in [0.4, 0.5) is 0 Å². The SMILES string of the molecule is C/C(=C\C(c1ccc(C)cc1)c1cccc(Cl)c1)C(=O)O. The lowest BCUT2D eigenvalue weighted by molar-refractivity contribution is -0.132. The molecule has 2 aromatic carbocycles. The number of carboxylic acid groups (broad SMARTS) is 1. The van der Waals surface area contributed by atoms with Crippen LogP contribution in [0, 0.1) is 6.92 Å². The second-order valence-corrected chi connectivity index (χ2v) is 5.53. The Labute approximate surface area is 129 Å². The number of allylic oxidation sites excluding steroid dienone is 1. The number of hydrogen-bond acceptors (Lipinski definition) is 1. The molecule has 0 bridgehead atoms. The molecule has 0 aliphatic rings. The summed E-state index contributed by atoms with van der Waals surface area (Å²) in [6, 6.07) is 15.6. The van der Waals surface area contributed by atoms with Gasteiger partial charge in [-0.25, -0.2) is 4.79 Å². The highest BCUT2D eigenvalue weighted by Gasteiger charge is 2.14. The van der Waals surface area contributed by atoms with E-state index >= 15 is 0 Å². The number of rotatable bonds is 4. The highest BCUT2D eigenvalue weighted by molar-refractivity contribution is 6.30. The molecule has 3 heteroatoms. The van der Waals surface area contributed by atoms with Crippen molar-refractivity contribution >= 4 is 17.6 Å². The lowest BCUT2D eigenvalue weighted by atomic mass is 9.89. The minimum atomic E-state index is -0.908. The Morgan fingerprint density at radius 3 is 2.38 bits per heavy atom. The Bertz CT molecular complexity index is 672. The van der Waals surface area contributed by atoms with Crippen molar-refractivity contribution in [2.24, 2.45) is 0 Å². The summed E-state index contributed by atoms with van der Waals surface area (Å²) in [5, 5.41) is 9.77. The van der Waals surface area contributed by atoms with Gasteiger partial charge in [0.1, 0.15) is 0 Å². The number of carboxylic acids is 1. The van der Waals surface area contributed by atoms with E-state index in [9.17, 15) is 4.79 Å². The maximum Gasteiger partial charge on any atom is 0.330 e. The van der Waals surface area contributed by atoms with Gasteiger partial charge in [-0.2, -0.15) is 0 Å². The molecule has 0 aliphatic carbocycles. The first kappa shape index (κ1) is 15.3. The molecule has 2 aromatic rings. The molecule has 108 valence electrons. The second kappa shape index (κ2) is 6.59. The normalized spacial score (nSPS) is 13.0. The maximum absolute atomic E-state index is 11.1. The molecule has 0 radical (unpaired) electrons. The third kappa shape index (κ3) is 3.96. The van der Waals surface area contributed by atoms with Crippen molar-refractivity contribution in [3.8, 4) is 0 Å². The molecule has 2 rings (SSSR count). The standard InChI is InChI=1S/C18H17ClO2/c1-12-6-8-14(9-7-12)17(10-13(2)18(20)21)15-4-3-5-16(19)11-15/h3-11,17H,1-2H3,(H,20,21)/b13-10+. The first-order chi connectivity index (χ1) is 9.97. The molecule has 0 aliphatic heterocycles. The van der Waals surface area contributed by atoms with E-state index in [0.717, 1.165) is 11.1 Å². The van der Waals surface area contributed by atoms with Crippen molar-refractivity contribution in [3.05, 3.63) is 81.9 Å². The zero-order valence-electron chi connectivity index (χ0n) is 12.0. The van der Waals surface area contributed by atoms with Crippen molar-refractivity contribution in [1.29, 1.82) is 0 Å². The van der Waals surface area contributed by atoms with Crippen LogP contribution < -0.4 is 0 Å². The molecule has 1 unspecified atom stereocenters. The molecule has 2 nitrogen and oxygen atoms in total. The molecular weight excluding hydrogens is 284 g/mol. The molecule has 0 aromatic heterocycles. The van der Waals surface area contributed by atoms with Crippen molar-refractivity contribution in [2.45, 2.75) is 19.8 Å². The Kier molecular flexibility index (Phi) is 4.81. The summed E-state index contributed by atoms with van der Waals surface area (Å²) in [5.41, 5.74) is 3.51. The predicted octanol–water partition coefficient (Wildman–Crippen LogP) is 4.81. The summed E-state index contributed by atoms with van der Waals surface area (Å²) in [6.45, 7) is 3.63. The highest BCUT2D eigenvalue weighted by atomic mass is 35.5. The summed E-state index contributed by atoms with van der Waals surface area (Å²) in [5.74, 6) is -1.03. The van der Waals surface area contributed by atoms with Gasteiger partial charge in [0.15, 0.2) is 0 Å². The van der Waals surface area contributed by atoms with E-state index in [4.69, 9.17) is 16.7 Å². The van der Waals surface area contributed by atoms with Crippen LogP contribution in [0.5, 0.6) is 0 Å². The van der Waals surface area contributed by atoms with Gasteiger partial charge >= 0.3 is 5.97 Å². The van der Waals surface area contributed by atoms with Gasteiger partial charge in [0.25, 0.3) is 0 Å². The summed E-state index contributed by atoms with van der Waals surface area (Å²) in [4.78, 5) is 11.1. The van der Waals surface area contributed by atoms with Crippen molar-refractivity contribution in [3.63, 3.8) is 0 Å². The van der Waals surface area contributed by atoms with Gasteiger partial charge in [-0.3, -0.25) is 0 Å². The molecule has 0 heterocycles. The van der Waals surface area contributed by atoms with E-state index in [-0.39, 0.29) is 5.92 Å². The fourth-order valence-electron chi connectivity index (χ4n) is 2.18. The van der Waals surface area contributed by atoms with Crippen LogP contribution in [-0.2, 0) is 4.79 Å². The summed E-state index contributed by atoms with van der Waals surface area (Å²) in [7, 11) is 0. The largest absolute Gasteiger partial charge is 0.478 e. The van der Waals surface area contributed by atoms with Gasteiger partial charge in [0.2, 0.25) is 0 Å². The van der Waals surface area contributed by atoms with Crippen molar-refractivity contribution in [1.82, 2.24) is 0 Å². The average Bonchev–Trinajstić information content (AvgIpc) is 2.45. The molecule has 1 N–H and O–H groups in total. The monoisotopic (exact) mass is 300 g/mol. The number of halogens is 1. The quantitative estimate of drug-likeness (QED) is 0.823. The van der Waals surface area contributed by atoms with Crippen LogP contribution in [0.15, 0.2) is 60.2 Å². The number of aliphatic carboxylic acids is 1. The fourth-order valence-corrected chi connectivity index (χ4v) is 2.38. The Balaban J connectivity index is 2.51. The Morgan fingerprint density at radius 2 is 1.81 bits per heavy atom. The summed E-state index contributed by atoms with van der Waals surface area (Å²) in [6.07, 6.45) is 1.76. The first-order valence-corrected chi connectivity index (χ1v) is 7.09. The van der Waals surface area contributed by atoms with E-state index in [1.54, 1.807) is 13.0 Å². The molecule has 21 heavy (non-hydrogen) atoms. The van der Waals surface area contributed by atoms with E-state index in [1.165, 1.54) is 5.56 Å². The number of benzene rings is 2. The van der Waals surface area contributed by atoms with E-state index < -0.39 is 5.97 Å². The second-order valence-electron chi connectivity index (χ2n) is 5.10. The van der Waals surface area contributed by atoms with Crippen LogP contribution in [0.3, 0.4) is 0 Å². The van der Waals surface area contributed by atoms with Gasteiger partial charge in [0, 0.05) is 16.5 Å². The number of aryl methyl sites for hydroxylation is 1. The molecule has 0 fully saturated rings.